The van der Waals surface area contributed by atoms with Crippen LogP contribution in [-0.2, 0) is 9.59 Å². The van der Waals surface area contributed by atoms with Crippen LogP contribution in [0.5, 0.6) is 0 Å². The van der Waals surface area contributed by atoms with Gasteiger partial charge in [0.25, 0.3) is 0 Å². The van der Waals surface area contributed by atoms with Gasteiger partial charge < -0.3 is 20.9 Å². The lowest BCUT2D eigenvalue weighted by molar-refractivity contribution is -0.135. The maximum absolute atomic E-state index is 14.0. The first-order chi connectivity index (χ1) is 27.6. The molecule has 0 aromatic rings. The predicted molar refractivity (Wildman–Crippen MR) is 241 cm³/mol. The van der Waals surface area contributed by atoms with Gasteiger partial charge in [-0.05, 0) is 112 Å². The van der Waals surface area contributed by atoms with Gasteiger partial charge in [0.15, 0.2) is 0 Å². The number of hydrogen-bond acceptors (Lipinski definition) is 6. The topological polar surface area (TPSA) is 101 Å². The van der Waals surface area contributed by atoms with E-state index in [1.807, 2.05) is 44.2 Å². The third-order valence-electron chi connectivity index (χ3n) is 9.93. The van der Waals surface area contributed by atoms with E-state index in [4.69, 9.17) is 4.99 Å². The number of nitrogens with zero attached hydrogens (tertiary/aromatic N) is 4. The molecule has 3 rings (SSSR count). The number of fused-ring (bicyclic) bond motifs is 1. The number of allylic oxidation sites excluding steroid dienone is 10. The maximum Gasteiger partial charge on any atom is 0.250 e. The summed E-state index contributed by atoms with van der Waals surface area (Å²) in [6.45, 7) is 23.3. The molecule has 0 radical (unpaired) electrons. The van der Waals surface area contributed by atoms with Gasteiger partial charge in [-0.3, -0.25) is 24.5 Å². The fraction of sp³-hybridized carbons (Fsp3) is 0.479. The van der Waals surface area contributed by atoms with Gasteiger partial charge in [0.1, 0.15) is 17.7 Å². The van der Waals surface area contributed by atoms with Gasteiger partial charge in [0.05, 0.1) is 19.6 Å². The summed E-state index contributed by atoms with van der Waals surface area (Å²) in [5.41, 5.74) is 9.97. The van der Waals surface area contributed by atoms with Crippen molar-refractivity contribution in [2.45, 2.75) is 84.6 Å². The molecule has 3 N–H and O–H groups in total. The Morgan fingerprint density at radius 3 is 2.63 bits per heavy atom. The number of nitrogens with one attached hydrogen (secondary N) is 3. The van der Waals surface area contributed by atoms with E-state index in [9.17, 15) is 9.59 Å². The standard InChI is InChI=1S/C48H69N7O2/c1-9-13-15-18-38(6)46(53-47(56)42-28-29-42)48(57)55(33-12-4)36-44(49-7)50-30-16-20-40-24-22-37(5)23-25-43-34-52-45(35-54(8)32-11-3)51-31-17-21-41(43)27-26-39(40)19-14-10-2/h9-10,13,15,17-21,23,27,42,46H,2,5-6,11-12,14,16,22,24,26,28-36H2,1,3-4,7-8H3,(H,49,50)(H,51,52)(H,53,56)/b13-9-,18-15-,21-17-,39-19-,40-20-,41-27-/t25?,46-/m1/s1. The summed E-state index contributed by atoms with van der Waals surface area (Å²) in [7, 11) is 3.88. The average Bonchev–Trinajstić information content (AvgIpc) is 4.04. The summed E-state index contributed by atoms with van der Waals surface area (Å²) >= 11 is 0. The monoisotopic (exact) mass is 776 g/mol. The smallest absolute Gasteiger partial charge is 0.250 e. The molecule has 9 heteroatoms. The van der Waals surface area contributed by atoms with Crippen molar-refractivity contribution in [2.75, 3.05) is 59.9 Å². The number of rotatable bonds is 19. The average molecular weight is 776 g/mol. The molecule has 0 aromatic heterocycles. The molecule has 0 spiro atoms. The SMILES string of the molecule is C=CC/C=C1/C/C=C2/C=C\C/N=C(/CN(C)CCC)NCC2=C=CC(=C)CC/C1=C/CCN/C(CN(CCC)C(=O)[C@H](NC(=O)C1CC1)C(=C)/C=C\C=C/C)=N\C. The lowest BCUT2D eigenvalue weighted by Crippen LogP contribution is -2.52. The Bertz CT molecular complexity index is 1720. The van der Waals surface area contributed by atoms with Gasteiger partial charge >= 0.3 is 0 Å². The van der Waals surface area contributed by atoms with Crippen LogP contribution in [0.2, 0.25) is 0 Å². The largest absolute Gasteiger partial charge is 0.372 e. The summed E-state index contributed by atoms with van der Waals surface area (Å²) < 4.78 is 0. The van der Waals surface area contributed by atoms with Crippen molar-refractivity contribution in [3.63, 3.8) is 0 Å². The molecule has 0 saturated heterocycles. The Morgan fingerprint density at radius 2 is 1.93 bits per heavy atom. The molecule has 0 bridgehead atoms. The molecular formula is C48H69N7O2. The van der Waals surface area contributed by atoms with Crippen molar-refractivity contribution in [3.05, 3.63) is 126 Å². The summed E-state index contributed by atoms with van der Waals surface area (Å²) in [5, 5.41) is 10.1. The molecule has 0 unspecified atom stereocenters. The van der Waals surface area contributed by atoms with Gasteiger partial charge in [-0.1, -0.05) is 87.8 Å². The normalized spacial score (nSPS) is 21.2. The van der Waals surface area contributed by atoms with E-state index in [2.05, 4.69) is 95.7 Å². The van der Waals surface area contributed by atoms with Crippen LogP contribution in [0.4, 0.5) is 0 Å². The van der Waals surface area contributed by atoms with Crippen LogP contribution < -0.4 is 16.0 Å². The third-order valence-corrected chi connectivity index (χ3v) is 9.93. The first-order valence-electron chi connectivity index (χ1n) is 20.9. The van der Waals surface area contributed by atoms with E-state index >= 15 is 0 Å². The lowest BCUT2D eigenvalue weighted by Gasteiger charge is -2.29. The number of hydrogen-bond donors (Lipinski definition) is 3. The number of amides is 2. The molecule has 2 aliphatic carbocycles. The molecule has 3 aliphatic rings. The van der Waals surface area contributed by atoms with E-state index in [-0.39, 0.29) is 17.7 Å². The molecule has 1 saturated carbocycles. The number of amidine groups is 2. The molecule has 57 heavy (non-hydrogen) atoms. The van der Waals surface area contributed by atoms with E-state index in [1.165, 1.54) is 11.1 Å². The molecular weight excluding hydrogens is 707 g/mol. The fourth-order valence-electron chi connectivity index (χ4n) is 6.55. The van der Waals surface area contributed by atoms with Crippen LogP contribution in [0.1, 0.15) is 78.6 Å². The number of likely N-dealkylation sites (N-methyl/N-ethyl adjacent to an activating group) is 1. The zero-order valence-corrected chi connectivity index (χ0v) is 35.5. The zero-order valence-electron chi connectivity index (χ0n) is 35.5. The summed E-state index contributed by atoms with van der Waals surface area (Å²) in [4.78, 5) is 40.3. The first-order valence-corrected chi connectivity index (χ1v) is 20.9. The quantitative estimate of drug-likeness (QED) is 0.0310. The first kappa shape index (κ1) is 46.4. The minimum Gasteiger partial charge on any atom is -0.372 e. The highest BCUT2D eigenvalue weighted by Gasteiger charge is 2.34. The van der Waals surface area contributed by atoms with Gasteiger partial charge in [0, 0.05) is 38.2 Å². The van der Waals surface area contributed by atoms with Crippen LogP contribution >= 0.6 is 0 Å². The van der Waals surface area contributed by atoms with E-state index in [1.54, 1.807) is 18.0 Å². The summed E-state index contributed by atoms with van der Waals surface area (Å²) in [6.07, 6.45) is 30.2. The van der Waals surface area contributed by atoms with E-state index in [0.29, 0.717) is 44.1 Å². The Morgan fingerprint density at radius 1 is 1.14 bits per heavy atom. The van der Waals surface area contributed by atoms with Gasteiger partial charge in [-0.2, -0.15) is 0 Å². The van der Waals surface area contributed by atoms with Crippen molar-refractivity contribution in [1.82, 2.24) is 25.8 Å². The molecule has 2 amide bonds. The second kappa shape index (κ2) is 26.0. The minimum absolute atomic E-state index is 0.0225. The molecule has 1 aliphatic heterocycles. The zero-order chi connectivity index (χ0) is 41.4. The second-order valence-electron chi connectivity index (χ2n) is 14.9. The third kappa shape index (κ3) is 17.0. The highest BCUT2D eigenvalue weighted by Crippen LogP contribution is 2.29. The number of carbonyl (C=O) groups excluding carboxylic acids is 2. The lowest BCUT2D eigenvalue weighted by atomic mass is 9.93. The molecule has 308 valence electrons. The minimum atomic E-state index is -0.834. The van der Waals surface area contributed by atoms with E-state index < -0.39 is 6.04 Å². The summed E-state index contributed by atoms with van der Waals surface area (Å²) in [5.74, 6) is 1.42. The molecule has 1 fully saturated rings. The van der Waals surface area contributed by atoms with Crippen LogP contribution in [0.15, 0.2) is 136 Å². The van der Waals surface area contributed by atoms with Gasteiger partial charge in [0.2, 0.25) is 11.8 Å². The van der Waals surface area contributed by atoms with Crippen molar-refractivity contribution < 1.29 is 9.59 Å². The van der Waals surface area contributed by atoms with Crippen molar-refractivity contribution in [3.8, 4) is 0 Å². The molecule has 0 aromatic carbocycles. The van der Waals surface area contributed by atoms with Gasteiger partial charge in [-0.25, -0.2) is 0 Å². The van der Waals surface area contributed by atoms with Crippen LogP contribution in [-0.4, -0.2) is 99.2 Å². The van der Waals surface area contributed by atoms with Gasteiger partial charge in [-0.15, -0.1) is 12.3 Å². The van der Waals surface area contributed by atoms with Crippen LogP contribution in [0, 0.1) is 5.92 Å². The second-order valence-corrected chi connectivity index (χ2v) is 14.9. The van der Waals surface area contributed by atoms with Crippen molar-refractivity contribution in [1.29, 1.82) is 0 Å². The molecule has 9 nitrogen and oxygen atoms in total. The molecule has 1 atom stereocenters. The van der Waals surface area contributed by atoms with Crippen LogP contribution in [0.25, 0.3) is 0 Å². The molecule has 1 heterocycles. The van der Waals surface area contributed by atoms with Crippen LogP contribution in [0.3, 0.4) is 0 Å². The number of aliphatic imine (C=N–C) groups is 2. The maximum atomic E-state index is 14.0. The summed E-state index contributed by atoms with van der Waals surface area (Å²) in [6, 6.07) is -0.834. The van der Waals surface area contributed by atoms with Crippen molar-refractivity contribution >= 4 is 23.5 Å². The number of carbonyl (C=O) groups is 2. The highest BCUT2D eigenvalue weighted by molar-refractivity contribution is 5.95. The Labute approximate surface area is 344 Å². The predicted octanol–water partition coefficient (Wildman–Crippen LogP) is 7.89. The Balaban J connectivity index is 1.76. The fourth-order valence-corrected chi connectivity index (χ4v) is 6.55. The highest BCUT2D eigenvalue weighted by atomic mass is 16.2. The van der Waals surface area contributed by atoms with E-state index in [0.717, 1.165) is 93.4 Å². The Hall–Kier alpha value is -4.98. The Kier molecular flexibility index (Phi) is 21.2. The van der Waals surface area contributed by atoms with Crippen molar-refractivity contribution in [2.24, 2.45) is 15.9 Å².